The Balaban J connectivity index is 2.38. The lowest BCUT2D eigenvalue weighted by molar-refractivity contribution is -0.117. The van der Waals surface area contributed by atoms with Gasteiger partial charge in [0.15, 0.2) is 0 Å². The van der Waals surface area contributed by atoms with Crippen LogP contribution in [0.3, 0.4) is 0 Å². The van der Waals surface area contributed by atoms with Gasteiger partial charge in [0.2, 0.25) is 11.8 Å². The third-order valence-corrected chi connectivity index (χ3v) is 2.81. The minimum atomic E-state index is -0.118. The zero-order valence-corrected chi connectivity index (χ0v) is 13.4. The molecule has 0 bridgehead atoms. The van der Waals surface area contributed by atoms with Crippen molar-refractivity contribution in [1.29, 1.82) is 0 Å². The summed E-state index contributed by atoms with van der Waals surface area (Å²) in [6.07, 6.45) is 0.492. The molecule has 0 saturated heterocycles. The monoisotopic (exact) mass is 307 g/mol. The zero-order chi connectivity index (χ0) is 16.4. The van der Waals surface area contributed by atoms with Crippen LogP contribution in [0.4, 0.5) is 11.4 Å². The first-order chi connectivity index (χ1) is 10.5. The molecule has 1 rings (SSSR count). The Labute approximate surface area is 131 Å². The highest BCUT2D eigenvalue weighted by atomic mass is 16.5. The predicted molar refractivity (Wildman–Crippen MR) is 87.9 cm³/mol. The fraction of sp³-hybridized carbons (Fsp3) is 0.500. The minimum Gasteiger partial charge on any atom is -0.383 e. The molecule has 0 spiro atoms. The van der Waals surface area contributed by atoms with E-state index in [-0.39, 0.29) is 18.4 Å². The maximum atomic E-state index is 11.7. The largest absolute Gasteiger partial charge is 0.383 e. The summed E-state index contributed by atoms with van der Waals surface area (Å²) in [7, 11) is 1.61. The van der Waals surface area contributed by atoms with Crippen molar-refractivity contribution < 1.29 is 14.3 Å². The van der Waals surface area contributed by atoms with Gasteiger partial charge in [0.25, 0.3) is 0 Å². The summed E-state index contributed by atoms with van der Waals surface area (Å²) in [5, 5.41) is 8.57. The number of nitrogens with one attached hydrogen (secondary N) is 3. The third kappa shape index (κ3) is 7.75. The number of hydrogen-bond acceptors (Lipinski definition) is 4. The van der Waals surface area contributed by atoms with Crippen molar-refractivity contribution in [2.45, 2.75) is 20.3 Å². The van der Waals surface area contributed by atoms with E-state index in [0.717, 1.165) is 5.69 Å². The number of methoxy groups -OCH3 is 1. The molecular weight excluding hydrogens is 282 g/mol. The van der Waals surface area contributed by atoms with Crippen LogP contribution in [0, 0.1) is 5.92 Å². The van der Waals surface area contributed by atoms with Gasteiger partial charge < -0.3 is 20.7 Å². The van der Waals surface area contributed by atoms with Gasteiger partial charge in [-0.05, 0) is 30.2 Å². The van der Waals surface area contributed by atoms with Gasteiger partial charge in [-0.25, -0.2) is 0 Å². The number of rotatable bonds is 9. The van der Waals surface area contributed by atoms with Crippen LogP contribution in [-0.2, 0) is 14.3 Å². The Bertz CT molecular complexity index is 472. The molecule has 0 fully saturated rings. The Morgan fingerprint density at radius 1 is 1.05 bits per heavy atom. The molecule has 0 heterocycles. The molecule has 0 radical (unpaired) electrons. The van der Waals surface area contributed by atoms with Gasteiger partial charge in [0.05, 0.1) is 13.2 Å². The highest BCUT2D eigenvalue weighted by Crippen LogP contribution is 2.14. The summed E-state index contributed by atoms with van der Waals surface area (Å²) in [5.41, 5.74) is 1.42. The summed E-state index contributed by atoms with van der Waals surface area (Å²) in [5.74, 6) is 0.200. The summed E-state index contributed by atoms with van der Waals surface area (Å²) in [6.45, 7) is 5.43. The second-order valence-corrected chi connectivity index (χ2v) is 5.44. The number of anilines is 2. The molecule has 6 heteroatoms. The van der Waals surface area contributed by atoms with Crippen LogP contribution in [-0.4, -0.2) is 38.6 Å². The van der Waals surface area contributed by atoms with Crippen LogP contribution in [0.5, 0.6) is 0 Å². The van der Waals surface area contributed by atoms with Gasteiger partial charge in [-0.15, -0.1) is 0 Å². The molecule has 2 amide bonds. The van der Waals surface area contributed by atoms with Crippen LogP contribution in [0.2, 0.25) is 0 Å². The van der Waals surface area contributed by atoms with E-state index in [1.54, 1.807) is 31.4 Å². The van der Waals surface area contributed by atoms with Crippen molar-refractivity contribution in [3.63, 3.8) is 0 Å². The Morgan fingerprint density at radius 3 is 2.09 bits per heavy atom. The second kappa shape index (κ2) is 9.92. The smallest absolute Gasteiger partial charge is 0.238 e. The second-order valence-electron chi connectivity index (χ2n) is 5.44. The lowest BCUT2D eigenvalue weighted by Crippen LogP contribution is -2.30. The van der Waals surface area contributed by atoms with E-state index in [2.05, 4.69) is 16.0 Å². The molecule has 0 aromatic heterocycles. The van der Waals surface area contributed by atoms with E-state index >= 15 is 0 Å². The first-order valence-electron chi connectivity index (χ1n) is 7.40. The minimum absolute atomic E-state index is 0.00544. The van der Waals surface area contributed by atoms with Gasteiger partial charge >= 0.3 is 0 Å². The molecule has 6 nitrogen and oxygen atoms in total. The van der Waals surface area contributed by atoms with E-state index in [4.69, 9.17) is 4.74 Å². The van der Waals surface area contributed by atoms with Crippen molar-refractivity contribution in [2.24, 2.45) is 5.92 Å². The average molecular weight is 307 g/mol. The van der Waals surface area contributed by atoms with Crippen LogP contribution in [0.25, 0.3) is 0 Å². The molecule has 0 saturated carbocycles. The zero-order valence-electron chi connectivity index (χ0n) is 13.4. The van der Waals surface area contributed by atoms with Crippen LogP contribution in [0.1, 0.15) is 20.3 Å². The highest BCUT2D eigenvalue weighted by molar-refractivity contribution is 5.93. The molecule has 0 aliphatic rings. The van der Waals surface area contributed by atoms with Gasteiger partial charge in [-0.1, -0.05) is 13.8 Å². The van der Waals surface area contributed by atoms with Gasteiger partial charge in [0.1, 0.15) is 0 Å². The molecule has 0 aliphatic carbocycles. The number of ether oxygens (including phenoxy) is 1. The first kappa shape index (κ1) is 18.1. The lowest BCUT2D eigenvalue weighted by Gasteiger charge is -2.09. The summed E-state index contributed by atoms with van der Waals surface area (Å²) < 4.78 is 4.88. The van der Waals surface area contributed by atoms with Gasteiger partial charge in [0, 0.05) is 31.5 Å². The lowest BCUT2D eigenvalue weighted by atomic mass is 10.1. The molecule has 22 heavy (non-hydrogen) atoms. The standard InChI is InChI=1S/C16H25N3O3/c1-12(2)10-15(20)18-13-4-6-14(7-5-13)19-16(21)11-17-8-9-22-3/h4-7,12,17H,8-11H2,1-3H3,(H,18,20)(H,19,21). The Morgan fingerprint density at radius 2 is 1.59 bits per heavy atom. The normalized spacial score (nSPS) is 10.5. The summed E-state index contributed by atoms with van der Waals surface area (Å²) >= 11 is 0. The quantitative estimate of drug-likeness (QED) is 0.608. The highest BCUT2D eigenvalue weighted by Gasteiger charge is 2.06. The van der Waals surface area contributed by atoms with Crippen molar-refractivity contribution in [2.75, 3.05) is 37.4 Å². The van der Waals surface area contributed by atoms with Gasteiger partial charge in [-0.3, -0.25) is 9.59 Å². The fourth-order valence-electron chi connectivity index (χ4n) is 1.80. The topological polar surface area (TPSA) is 79.5 Å². The predicted octanol–water partition coefficient (Wildman–Crippen LogP) is 1.85. The molecule has 0 aliphatic heterocycles. The van der Waals surface area contributed by atoms with Crippen molar-refractivity contribution >= 4 is 23.2 Å². The number of hydrogen-bond donors (Lipinski definition) is 3. The van der Waals surface area contributed by atoms with Gasteiger partial charge in [-0.2, -0.15) is 0 Å². The summed E-state index contributed by atoms with van der Waals surface area (Å²) in [4.78, 5) is 23.3. The SMILES string of the molecule is COCCNCC(=O)Nc1ccc(NC(=O)CC(C)C)cc1. The molecular formula is C16H25N3O3. The van der Waals surface area contributed by atoms with Crippen molar-refractivity contribution in [3.8, 4) is 0 Å². The Hall–Kier alpha value is -1.92. The maximum Gasteiger partial charge on any atom is 0.238 e. The van der Waals surface area contributed by atoms with E-state index in [1.165, 1.54) is 0 Å². The molecule has 1 aromatic carbocycles. The maximum absolute atomic E-state index is 11.7. The fourth-order valence-corrected chi connectivity index (χ4v) is 1.80. The Kier molecular flexibility index (Phi) is 8.17. The van der Waals surface area contributed by atoms with Crippen LogP contribution >= 0.6 is 0 Å². The van der Waals surface area contributed by atoms with E-state index in [0.29, 0.717) is 31.2 Å². The van der Waals surface area contributed by atoms with E-state index < -0.39 is 0 Å². The van der Waals surface area contributed by atoms with Crippen molar-refractivity contribution in [3.05, 3.63) is 24.3 Å². The molecule has 0 unspecified atom stereocenters. The number of amides is 2. The van der Waals surface area contributed by atoms with E-state index in [9.17, 15) is 9.59 Å². The van der Waals surface area contributed by atoms with E-state index in [1.807, 2.05) is 13.8 Å². The molecule has 3 N–H and O–H groups in total. The molecule has 122 valence electrons. The van der Waals surface area contributed by atoms with Crippen molar-refractivity contribution in [1.82, 2.24) is 5.32 Å². The number of carbonyl (C=O) groups excluding carboxylic acids is 2. The summed E-state index contributed by atoms with van der Waals surface area (Å²) in [6, 6.07) is 7.06. The first-order valence-corrected chi connectivity index (χ1v) is 7.40. The third-order valence-electron chi connectivity index (χ3n) is 2.81. The molecule has 1 aromatic rings. The molecule has 0 atom stereocenters. The van der Waals surface area contributed by atoms with Crippen LogP contribution < -0.4 is 16.0 Å². The average Bonchev–Trinajstić information content (AvgIpc) is 2.45. The van der Waals surface area contributed by atoms with Crippen LogP contribution in [0.15, 0.2) is 24.3 Å². The number of benzene rings is 1. The number of carbonyl (C=O) groups is 2.